The Kier molecular flexibility index (Phi) is 4.93. The lowest BCUT2D eigenvalue weighted by Gasteiger charge is -2.09. The molecule has 0 spiro atoms. The minimum Gasteiger partial charge on any atom is -0.356 e. The van der Waals surface area contributed by atoms with Crippen molar-refractivity contribution in [1.82, 2.24) is 0 Å². The Hall–Kier alpha value is -3.06. The molecule has 1 heteroatoms. The second-order valence-corrected chi connectivity index (χ2v) is 5.62. The standard InChI is InChI=1S/C23H21N/c1-3-7-22(8-4-2)24-23-15-13-19(14-16-23)21-12-11-18-9-5-6-10-20(18)17-21/h3-17,24H,1H2,2H3/b8-4-,22-7+. The number of benzene rings is 3. The summed E-state index contributed by atoms with van der Waals surface area (Å²) in [4.78, 5) is 0. The highest BCUT2D eigenvalue weighted by Gasteiger charge is 2.01. The first-order valence-electron chi connectivity index (χ1n) is 8.12. The fourth-order valence-corrected chi connectivity index (χ4v) is 2.73. The van der Waals surface area contributed by atoms with Crippen LogP contribution in [0, 0.1) is 0 Å². The van der Waals surface area contributed by atoms with E-state index < -0.39 is 0 Å². The van der Waals surface area contributed by atoms with Crippen molar-refractivity contribution in [3.05, 3.63) is 103 Å². The third-order valence-corrected chi connectivity index (χ3v) is 3.90. The highest BCUT2D eigenvalue weighted by Crippen LogP contribution is 2.26. The van der Waals surface area contributed by atoms with Gasteiger partial charge in [0.2, 0.25) is 0 Å². The Labute approximate surface area is 143 Å². The Morgan fingerprint density at radius 3 is 2.29 bits per heavy atom. The molecule has 0 aliphatic carbocycles. The number of fused-ring (bicyclic) bond motifs is 1. The molecule has 0 unspecified atom stereocenters. The summed E-state index contributed by atoms with van der Waals surface area (Å²) in [5, 5.41) is 5.93. The van der Waals surface area contributed by atoms with Crippen molar-refractivity contribution in [3.63, 3.8) is 0 Å². The van der Waals surface area contributed by atoms with Crippen LogP contribution in [0.4, 0.5) is 5.69 Å². The molecule has 0 heterocycles. The van der Waals surface area contributed by atoms with Crippen LogP contribution in [0.2, 0.25) is 0 Å². The maximum atomic E-state index is 3.75. The van der Waals surface area contributed by atoms with Gasteiger partial charge in [0.25, 0.3) is 0 Å². The molecule has 1 nitrogen and oxygen atoms in total. The van der Waals surface area contributed by atoms with Crippen molar-refractivity contribution in [2.45, 2.75) is 6.92 Å². The van der Waals surface area contributed by atoms with Crippen molar-refractivity contribution >= 4 is 16.5 Å². The molecule has 0 radical (unpaired) electrons. The molecule has 0 aromatic heterocycles. The van der Waals surface area contributed by atoms with Gasteiger partial charge in [-0.1, -0.05) is 67.3 Å². The van der Waals surface area contributed by atoms with Crippen LogP contribution in [0.25, 0.3) is 21.9 Å². The summed E-state index contributed by atoms with van der Waals surface area (Å²) < 4.78 is 0. The molecule has 1 N–H and O–H groups in total. The molecular formula is C23H21N. The Morgan fingerprint density at radius 2 is 1.58 bits per heavy atom. The first kappa shape index (κ1) is 15.8. The summed E-state index contributed by atoms with van der Waals surface area (Å²) in [5.74, 6) is 0. The van der Waals surface area contributed by atoms with Gasteiger partial charge >= 0.3 is 0 Å². The van der Waals surface area contributed by atoms with Crippen LogP contribution in [-0.4, -0.2) is 0 Å². The Balaban J connectivity index is 1.85. The second-order valence-electron chi connectivity index (χ2n) is 5.62. The zero-order valence-corrected chi connectivity index (χ0v) is 13.9. The van der Waals surface area contributed by atoms with Gasteiger partial charge in [-0.25, -0.2) is 0 Å². The number of hydrogen-bond donors (Lipinski definition) is 1. The molecule has 0 aliphatic rings. The van der Waals surface area contributed by atoms with Gasteiger partial charge in [0.1, 0.15) is 0 Å². The lowest BCUT2D eigenvalue weighted by Crippen LogP contribution is -1.96. The van der Waals surface area contributed by atoms with Gasteiger partial charge in [-0.15, -0.1) is 0 Å². The molecular weight excluding hydrogens is 290 g/mol. The topological polar surface area (TPSA) is 12.0 Å². The molecule has 118 valence electrons. The lowest BCUT2D eigenvalue weighted by atomic mass is 10.0. The smallest absolute Gasteiger partial charge is 0.0384 e. The van der Waals surface area contributed by atoms with Gasteiger partial charge in [0.05, 0.1) is 0 Å². The molecule has 0 saturated carbocycles. The number of rotatable bonds is 5. The third-order valence-electron chi connectivity index (χ3n) is 3.90. The van der Waals surface area contributed by atoms with E-state index in [9.17, 15) is 0 Å². The van der Waals surface area contributed by atoms with E-state index in [0.717, 1.165) is 11.4 Å². The van der Waals surface area contributed by atoms with Gasteiger partial charge in [-0.05, 0) is 59.2 Å². The van der Waals surface area contributed by atoms with Crippen LogP contribution in [0.1, 0.15) is 6.92 Å². The predicted octanol–water partition coefficient (Wildman–Crippen LogP) is 6.56. The summed E-state index contributed by atoms with van der Waals surface area (Å²) in [6.45, 7) is 5.75. The molecule has 0 saturated heterocycles. The molecule has 0 fully saturated rings. The van der Waals surface area contributed by atoms with E-state index in [4.69, 9.17) is 0 Å². The van der Waals surface area contributed by atoms with Crippen molar-refractivity contribution in [3.8, 4) is 11.1 Å². The summed E-state index contributed by atoms with van der Waals surface area (Å²) in [6, 6.07) is 23.5. The molecule has 24 heavy (non-hydrogen) atoms. The van der Waals surface area contributed by atoms with Crippen molar-refractivity contribution < 1.29 is 0 Å². The first-order valence-corrected chi connectivity index (χ1v) is 8.12. The molecule has 3 aromatic rings. The summed E-state index contributed by atoms with van der Waals surface area (Å²) >= 11 is 0. The molecule has 3 aromatic carbocycles. The average Bonchev–Trinajstić information content (AvgIpc) is 2.62. The molecule has 0 aliphatic heterocycles. The Morgan fingerprint density at radius 1 is 0.875 bits per heavy atom. The fraction of sp³-hybridized carbons (Fsp3) is 0.0435. The van der Waals surface area contributed by atoms with Crippen molar-refractivity contribution in [2.75, 3.05) is 5.32 Å². The SMILES string of the molecule is C=C/C=C(\C=C/C)Nc1ccc(-c2ccc3ccccc3c2)cc1. The summed E-state index contributed by atoms with van der Waals surface area (Å²) in [5.41, 5.74) is 4.53. The van der Waals surface area contributed by atoms with Crippen LogP contribution >= 0.6 is 0 Å². The minimum absolute atomic E-state index is 1.02. The van der Waals surface area contributed by atoms with Crippen molar-refractivity contribution in [1.29, 1.82) is 0 Å². The maximum Gasteiger partial charge on any atom is 0.0384 e. The normalized spacial score (nSPS) is 11.8. The number of nitrogens with one attached hydrogen (secondary N) is 1. The van der Waals surface area contributed by atoms with E-state index in [1.165, 1.54) is 21.9 Å². The van der Waals surface area contributed by atoms with E-state index in [1.807, 2.05) is 25.2 Å². The lowest BCUT2D eigenvalue weighted by molar-refractivity contribution is 1.46. The van der Waals surface area contributed by atoms with Crippen LogP contribution in [-0.2, 0) is 0 Å². The minimum atomic E-state index is 1.02. The van der Waals surface area contributed by atoms with E-state index >= 15 is 0 Å². The highest BCUT2D eigenvalue weighted by molar-refractivity contribution is 5.87. The van der Waals surface area contributed by atoms with Crippen molar-refractivity contribution in [2.24, 2.45) is 0 Å². The van der Waals surface area contributed by atoms with Gasteiger partial charge in [-0.3, -0.25) is 0 Å². The number of anilines is 1. The van der Waals surface area contributed by atoms with E-state index in [0.29, 0.717) is 0 Å². The third kappa shape index (κ3) is 3.64. The van der Waals surface area contributed by atoms with E-state index in [-0.39, 0.29) is 0 Å². The van der Waals surface area contributed by atoms with Gasteiger partial charge in [-0.2, -0.15) is 0 Å². The van der Waals surface area contributed by atoms with Gasteiger partial charge in [0, 0.05) is 11.4 Å². The Bertz CT molecular complexity index is 899. The van der Waals surface area contributed by atoms with E-state index in [1.54, 1.807) is 6.08 Å². The molecule has 0 bridgehead atoms. The molecule has 3 rings (SSSR count). The summed E-state index contributed by atoms with van der Waals surface area (Å²) in [6.07, 6.45) is 7.77. The zero-order chi connectivity index (χ0) is 16.8. The number of allylic oxidation sites excluding steroid dienone is 4. The summed E-state index contributed by atoms with van der Waals surface area (Å²) in [7, 11) is 0. The largest absolute Gasteiger partial charge is 0.356 e. The fourth-order valence-electron chi connectivity index (χ4n) is 2.73. The number of hydrogen-bond acceptors (Lipinski definition) is 1. The quantitative estimate of drug-likeness (QED) is 0.526. The predicted molar refractivity (Wildman–Crippen MR) is 106 cm³/mol. The van der Waals surface area contributed by atoms with E-state index in [2.05, 4.69) is 78.6 Å². The highest BCUT2D eigenvalue weighted by atomic mass is 14.9. The molecule has 0 amide bonds. The van der Waals surface area contributed by atoms with Crippen LogP contribution in [0.15, 0.2) is 103 Å². The first-order chi connectivity index (χ1) is 11.8. The van der Waals surface area contributed by atoms with Gasteiger partial charge in [0.15, 0.2) is 0 Å². The monoisotopic (exact) mass is 311 g/mol. The van der Waals surface area contributed by atoms with Crippen LogP contribution in [0.5, 0.6) is 0 Å². The van der Waals surface area contributed by atoms with Gasteiger partial charge < -0.3 is 5.32 Å². The van der Waals surface area contributed by atoms with Crippen LogP contribution < -0.4 is 5.32 Å². The zero-order valence-electron chi connectivity index (χ0n) is 13.9. The van der Waals surface area contributed by atoms with Crippen LogP contribution in [0.3, 0.4) is 0 Å². The average molecular weight is 311 g/mol. The maximum absolute atomic E-state index is 3.75. The second kappa shape index (κ2) is 7.47. The molecule has 0 atom stereocenters.